The van der Waals surface area contributed by atoms with Crippen LogP contribution in [-0.2, 0) is 4.74 Å². The summed E-state index contributed by atoms with van der Waals surface area (Å²) in [5, 5.41) is 0. The maximum Gasteiger partial charge on any atom is 0.357 e. The largest absolute Gasteiger partial charge is 0.449 e. The fraction of sp³-hybridized carbons (Fsp3) is 0.381. The van der Waals surface area contributed by atoms with E-state index in [9.17, 15) is 4.79 Å². The van der Waals surface area contributed by atoms with E-state index in [4.69, 9.17) is 4.74 Å². The van der Waals surface area contributed by atoms with E-state index in [0.29, 0.717) is 5.69 Å². The van der Waals surface area contributed by atoms with E-state index in [1.54, 1.807) is 12.5 Å². The number of ether oxygens (including phenoxy) is 1. The summed E-state index contributed by atoms with van der Waals surface area (Å²) in [6.45, 7) is 5.72. The minimum Gasteiger partial charge on any atom is -0.449 e. The van der Waals surface area contributed by atoms with Crippen molar-refractivity contribution in [3.05, 3.63) is 72.5 Å². The number of nitrogens with zero attached hydrogens (tertiary/aromatic N) is 2. The maximum atomic E-state index is 12.9. The second kappa shape index (κ2) is 7.54. The molecule has 4 heteroatoms. The zero-order valence-electron chi connectivity index (χ0n) is 14.6. The van der Waals surface area contributed by atoms with E-state index in [1.807, 2.05) is 47.9 Å². The van der Waals surface area contributed by atoms with E-state index in [-0.39, 0.29) is 12.0 Å². The standard InChI is InChI=1S/C21H24N2O2/c1-3-12-21(13-8-5-9-14-21)25-20(24)19-15-22-16-23(19)17(2)18-10-6-4-7-11-18/h4,6-7,10-12,15-17H,1,5,8-9,13-14H2,2H3/t17-/m1/s1. The fourth-order valence-corrected chi connectivity index (χ4v) is 3.51. The lowest BCUT2D eigenvalue weighted by Gasteiger charge is -2.33. The van der Waals surface area contributed by atoms with Crippen molar-refractivity contribution in [2.75, 3.05) is 0 Å². The predicted molar refractivity (Wildman–Crippen MR) is 97.4 cm³/mol. The van der Waals surface area contributed by atoms with Crippen molar-refractivity contribution in [1.82, 2.24) is 9.55 Å². The molecule has 0 bridgehead atoms. The molecule has 1 heterocycles. The molecule has 0 aliphatic heterocycles. The van der Waals surface area contributed by atoms with E-state index in [1.165, 1.54) is 6.42 Å². The van der Waals surface area contributed by atoms with Gasteiger partial charge in [-0.3, -0.25) is 0 Å². The molecule has 1 aromatic carbocycles. The summed E-state index contributed by atoms with van der Waals surface area (Å²) in [7, 11) is 0. The van der Waals surface area contributed by atoms with Crippen LogP contribution < -0.4 is 0 Å². The van der Waals surface area contributed by atoms with Gasteiger partial charge in [0.2, 0.25) is 0 Å². The van der Waals surface area contributed by atoms with Crippen LogP contribution in [0.25, 0.3) is 0 Å². The number of rotatable bonds is 5. The lowest BCUT2D eigenvalue weighted by atomic mass is 9.84. The van der Waals surface area contributed by atoms with Gasteiger partial charge in [0.15, 0.2) is 0 Å². The van der Waals surface area contributed by atoms with Crippen molar-refractivity contribution >= 4 is 5.97 Å². The Labute approximate surface area is 148 Å². The van der Waals surface area contributed by atoms with Crippen molar-refractivity contribution < 1.29 is 9.53 Å². The van der Waals surface area contributed by atoms with Gasteiger partial charge < -0.3 is 9.30 Å². The molecule has 1 aliphatic rings. The van der Waals surface area contributed by atoms with Crippen LogP contribution in [0.4, 0.5) is 0 Å². The molecule has 1 aliphatic carbocycles. The molecule has 25 heavy (non-hydrogen) atoms. The Kier molecular flexibility index (Phi) is 5.20. The molecule has 4 nitrogen and oxygen atoms in total. The van der Waals surface area contributed by atoms with Crippen LogP contribution in [0.2, 0.25) is 0 Å². The molecule has 0 N–H and O–H groups in total. The second-order valence-corrected chi connectivity index (χ2v) is 6.64. The normalized spacial score (nSPS) is 17.3. The zero-order chi connectivity index (χ0) is 17.7. The predicted octanol–water partition coefficient (Wildman–Crippen LogP) is 4.69. The van der Waals surface area contributed by atoms with Gasteiger partial charge in [-0.2, -0.15) is 0 Å². The monoisotopic (exact) mass is 336 g/mol. The van der Waals surface area contributed by atoms with Crippen LogP contribution in [0.15, 0.2) is 61.2 Å². The molecule has 1 aromatic heterocycles. The Hall–Kier alpha value is -2.58. The van der Waals surface area contributed by atoms with Crippen LogP contribution in [0.1, 0.15) is 61.1 Å². The molecule has 1 fully saturated rings. The Morgan fingerprint density at radius 1 is 1.32 bits per heavy atom. The number of carbonyl (C=O) groups is 1. The van der Waals surface area contributed by atoms with Gasteiger partial charge >= 0.3 is 5.97 Å². The van der Waals surface area contributed by atoms with Crippen molar-refractivity contribution in [1.29, 1.82) is 0 Å². The number of imidazole rings is 1. The highest BCUT2D eigenvalue weighted by molar-refractivity contribution is 5.88. The SMILES string of the molecule is C=C=CC1(OC(=O)c2cncn2[C@H](C)c2ccccc2)CCCCC1. The fourth-order valence-electron chi connectivity index (χ4n) is 3.51. The highest BCUT2D eigenvalue weighted by atomic mass is 16.6. The molecule has 0 saturated heterocycles. The highest BCUT2D eigenvalue weighted by Crippen LogP contribution is 2.34. The molecular formula is C21H24N2O2. The molecule has 1 atom stereocenters. The third-order valence-electron chi connectivity index (χ3n) is 4.94. The average Bonchev–Trinajstić information content (AvgIpc) is 3.12. The summed E-state index contributed by atoms with van der Waals surface area (Å²) in [6.07, 6.45) is 9.99. The number of esters is 1. The quantitative estimate of drug-likeness (QED) is 0.587. The third-order valence-corrected chi connectivity index (χ3v) is 4.94. The van der Waals surface area contributed by atoms with Crippen LogP contribution in [-0.4, -0.2) is 21.1 Å². The zero-order valence-corrected chi connectivity index (χ0v) is 14.6. The second-order valence-electron chi connectivity index (χ2n) is 6.64. The van der Waals surface area contributed by atoms with Gasteiger partial charge in [-0.15, -0.1) is 5.73 Å². The number of hydrogen-bond acceptors (Lipinski definition) is 3. The third kappa shape index (κ3) is 3.75. The van der Waals surface area contributed by atoms with Crippen molar-refractivity contribution in [2.45, 2.75) is 50.7 Å². The van der Waals surface area contributed by atoms with E-state index in [0.717, 1.165) is 31.2 Å². The topological polar surface area (TPSA) is 44.1 Å². The average molecular weight is 336 g/mol. The number of hydrogen-bond donors (Lipinski definition) is 0. The highest BCUT2D eigenvalue weighted by Gasteiger charge is 2.35. The number of carbonyl (C=O) groups excluding carboxylic acids is 1. The number of benzene rings is 1. The Morgan fingerprint density at radius 2 is 2.04 bits per heavy atom. The van der Waals surface area contributed by atoms with Crippen molar-refractivity contribution in [3.8, 4) is 0 Å². The Bertz CT molecular complexity index is 766. The van der Waals surface area contributed by atoms with E-state index < -0.39 is 5.60 Å². The van der Waals surface area contributed by atoms with Gasteiger partial charge in [-0.05, 0) is 38.2 Å². The van der Waals surface area contributed by atoms with E-state index >= 15 is 0 Å². The van der Waals surface area contributed by atoms with Crippen LogP contribution in [0, 0.1) is 0 Å². The molecular weight excluding hydrogens is 312 g/mol. The van der Waals surface area contributed by atoms with Gasteiger partial charge in [-0.1, -0.05) is 43.3 Å². The summed E-state index contributed by atoms with van der Waals surface area (Å²) in [5.74, 6) is -0.339. The van der Waals surface area contributed by atoms with E-state index in [2.05, 4.69) is 17.3 Å². The molecule has 1 saturated carbocycles. The molecule has 2 aromatic rings. The first-order chi connectivity index (χ1) is 12.2. The molecule has 0 spiro atoms. The lowest BCUT2D eigenvalue weighted by Crippen LogP contribution is -2.35. The minimum atomic E-state index is -0.581. The summed E-state index contributed by atoms with van der Waals surface area (Å²) in [6, 6.07) is 10.1. The first-order valence-corrected chi connectivity index (χ1v) is 8.82. The molecule has 0 unspecified atom stereocenters. The van der Waals surface area contributed by atoms with Crippen molar-refractivity contribution in [3.63, 3.8) is 0 Å². The van der Waals surface area contributed by atoms with Crippen LogP contribution >= 0.6 is 0 Å². The minimum absolute atomic E-state index is 0.00324. The molecule has 3 rings (SSSR count). The van der Waals surface area contributed by atoms with Crippen molar-refractivity contribution in [2.24, 2.45) is 0 Å². The Balaban J connectivity index is 1.84. The molecule has 130 valence electrons. The summed E-state index contributed by atoms with van der Waals surface area (Å²) < 4.78 is 7.80. The van der Waals surface area contributed by atoms with Gasteiger partial charge in [0, 0.05) is 6.08 Å². The molecule has 0 radical (unpaired) electrons. The summed E-state index contributed by atoms with van der Waals surface area (Å²) in [5.41, 5.74) is 3.83. The first-order valence-electron chi connectivity index (χ1n) is 8.82. The first kappa shape index (κ1) is 17.2. The Morgan fingerprint density at radius 3 is 2.72 bits per heavy atom. The number of aromatic nitrogens is 2. The van der Waals surface area contributed by atoms with Crippen LogP contribution in [0.5, 0.6) is 0 Å². The van der Waals surface area contributed by atoms with Gasteiger partial charge in [-0.25, -0.2) is 9.78 Å². The van der Waals surface area contributed by atoms with Gasteiger partial charge in [0.05, 0.1) is 18.6 Å². The van der Waals surface area contributed by atoms with Gasteiger partial charge in [0.25, 0.3) is 0 Å². The molecule has 0 amide bonds. The maximum absolute atomic E-state index is 12.9. The summed E-state index contributed by atoms with van der Waals surface area (Å²) in [4.78, 5) is 17.0. The van der Waals surface area contributed by atoms with Crippen LogP contribution in [0.3, 0.4) is 0 Å². The van der Waals surface area contributed by atoms with Gasteiger partial charge in [0.1, 0.15) is 11.3 Å². The lowest BCUT2D eigenvalue weighted by molar-refractivity contribution is -0.0124. The summed E-state index contributed by atoms with van der Waals surface area (Å²) >= 11 is 0. The smallest absolute Gasteiger partial charge is 0.357 e.